The van der Waals surface area contributed by atoms with Crippen LogP contribution in [-0.4, -0.2) is 14.8 Å². The highest BCUT2D eigenvalue weighted by Gasteiger charge is 2.00. The average molecular weight is 208 g/mol. The maximum Gasteiger partial charge on any atom is 0.129 e. The van der Waals surface area contributed by atoms with Crippen LogP contribution in [0.2, 0.25) is 5.15 Å². The van der Waals surface area contributed by atoms with E-state index in [0.29, 0.717) is 5.15 Å². The van der Waals surface area contributed by atoms with E-state index in [1.807, 2.05) is 23.1 Å². The third kappa shape index (κ3) is 1.77. The van der Waals surface area contributed by atoms with Gasteiger partial charge in [0.15, 0.2) is 0 Å². The summed E-state index contributed by atoms with van der Waals surface area (Å²) in [5.74, 6) is 0. The van der Waals surface area contributed by atoms with Gasteiger partial charge in [0.05, 0.1) is 6.20 Å². The lowest BCUT2D eigenvalue weighted by Crippen LogP contribution is -1.91. The topological polar surface area (TPSA) is 30.7 Å². The van der Waals surface area contributed by atoms with Crippen molar-refractivity contribution in [3.63, 3.8) is 0 Å². The fourth-order valence-corrected chi connectivity index (χ4v) is 1.34. The second-order valence-corrected chi connectivity index (χ2v) is 3.34. The van der Waals surface area contributed by atoms with E-state index in [-0.39, 0.29) is 0 Å². The summed E-state index contributed by atoms with van der Waals surface area (Å²) in [7, 11) is 0. The van der Waals surface area contributed by atoms with Gasteiger partial charge in [-0.3, -0.25) is 4.68 Å². The summed E-state index contributed by atoms with van der Waals surface area (Å²) < 4.78 is 1.88. The van der Waals surface area contributed by atoms with Crippen molar-refractivity contribution >= 4 is 11.6 Å². The summed E-state index contributed by atoms with van der Waals surface area (Å²) >= 11 is 5.70. The first-order valence-corrected chi connectivity index (χ1v) is 4.82. The number of aryl methyl sites for hydroxylation is 1. The lowest BCUT2D eigenvalue weighted by molar-refractivity contribution is 0.660. The molecule has 0 radical (unpaired) electrons. The van der Waals surface area contributed by atoms with E-state index in [4.69, 9.17) is 11.6 Å². The minimum atomic E-state index is 0.511. The Morgan fingerprint density at radius 1 is 1.29 bits per heavy atom. The normalized spacial score (nSPS) is 10.4. The molecule has 14 heavy (non-hydrogen) atoms. The van der Waals surface area contributed by atoms with Crippen LogP contribution in [0.3, 0.4) is 0 Å². The molecule has 0 atom stereocenters. The summed E-state index contributed by atoms with van der Waals surface area (Å²) in [4.78, 5) is 4.02. The molecule has 4 heteroatoms. The zero-order chi connectivity index (χ0) is 9.97. The Labute approximate surface area is 87.3 Å². The van der Waals surface area contributed by atoms with Crippen LogP contribution in [0.4, 0.5) is 0 Å². The molecule has 0 fully saturated rings. The molecule has 0 bridgehead atoms. The highest BCUT2D eigenvalue weighted by molar-refractivity contribution is 6.29. The molecule has 2 rings (SSSR count). The predicted molar refractivity (Wildman–Crippen MR) is 56.1 cm³/mol. The fraction of sp³-hybridized carbons (Fsp3) is 0.200. The Morgan fingerprint density at radius 3 is 2.71 bits per heavy atom. The third-order valence-corrected chi connectivity index (χ3v) is 2.24. The Hall–Kier alpha value is -1.35. The first-order chi connectivity index (χ1) is 6.79. The van der Waals surface area contributed by atoms with E-state index in [9.17, 15) is 0 Å². The average Bonchev–Trinajstić information content (AvgIpc) is 2.67. The summed E-state index contributed by atoms with van der Waals surface area (Å²) in [6.45, 7) is 2.93. The molecule has 0 aliphatic carbocycles. The molecular formula is C10H10ClN3. The molecule has 0 spiro atoms. The molecular weight excluding hydrogens is 198 g/mol. The van der Waals surface area contributed by atoms with Gasteiger partial charge in [-0.25, -0.2) is 4.98 Å². The number of rotatable bonds is 2. The maximum atomic E-state index is 5.70. The molecule has 2 heterocycles. The molecule has 0 saturated carbocycles. The highest BCUT2D eigenvalue weighted by Crippen LogP contribution is 2.18. The number of pyridine rings is 1. The largest absolute Gasteiger partial charge is 0.272 e. The Balaban J connectivity index is 2.34. The molecule has 3 nitrogen and oxygen atoms in total. The number of nitrogens with zero attached hydrogens (tertiary/aromatic N) is 3. The molecule has 0 N–H and O–H groups in total. The van der Waals surface area contributed by atoms with Gasteiger partial charge in [-0.15, -0.1) is 0 Å². The van der Waals surface area contributed by atoms with E-state index in [0.717, 1.165) is 17.7 Å². The Kier molecular flexibility index (Phi) is 2.50. The van der Waals surface area contributed by atoms with Gasteiger partial charge in [-0.05, 0) is 19.1 Å². The Bertz CT molecular complexity index is 419. The van der Waals surface area contributed by atoms with Crippen molar-refractivity contribution in [1.29, 1.82) is 0 Å². The highest BCUT2D eigenvalue weighted by atomic mass is 35.5. The molecule has 72 valence electrons. The van der Waals surface area contributed by atoms with Gasteiger partial charge >= 0.3 is 0 Å². The minimum absolute atomic E-state index is 0.511. The molecule has 0 amide bonds. The summed E-state index contributed by atoms with van der Waals surface area (Å²) in [6.07, 6.45) is 5.57. The summed E-state index contributed by atoms with van der Waals surface area (Å²) in [5, 5.41) is 4.70. The molecule has 0 aliphatic heterocycles. The van der Waals surface area contributed by atoms with E-state index < -0.39 is 0 Å². The van der Waals surface area contributed by atoms with E-state index in [1.165, 1.54) is 0 Å². The quantitative estimate of drug-likeness (QED) is 0.709. The molecule has 0 aromatic carbocycles. The second kappa shape index (κ2) is 3.80. The van der Waals surface area contributed by atoms with Crippen molar-refractivity contribution in [3.05, 3.63) is 35.9 Å². The van der Waals surface area contributed by atoms with Crippen molar-refractivity contribution in [2.75, 3.05) is 0 Å². The second-order valence-electron chi connectivity index (χ2n) is 2.95. The van der Waals surface area contributed by atoms with Crippen molar-refractivity contribution in [1.82, 2.24) is 14.8 Å². The number of hydrogen-bond donors (Lipinski definition) is 0. The summed E-state index contributed by atoms with van der Waals surface area (Å²) in [5.41, 5.74) is 2.10. The molecule has 2 aromatic rings. The minimum Gasteiger partial charge on any atom is -0.272 e. The molecule has 0 saturated heterocycles. The predicted octanol–water partition coefficient (Wildman–Crippen LogP) is 2.62. The Morgan fingerprint density at radius 2 is 2.14 bits per heavy atom. The zero-order valence-corrected chi connectivity index (χ0v) is 8.57. The maximum absolute atomic E-state index is 5.70. The van der Waals surface area contributed by atoms with Crippen LogP contribution in [-0.2, 0) is 6.54 Å². The third-order valence-electron chi connectivity index (χ3n) is 2.02. The van der Waals surface area contributed by atoms with Gasteiger partial charge in [0, 0.05) is 30.1 Å². The van der Waals surface area contributed by atoms with Gasteiger partial charge < -0.3 is 0 Å². The van der Waals surface area contributed by atoms with Gasteiger partial charge in [0.1, 0.15) is 5.15 Å². The van der Waals surface area contributed by atoms with Crippen molar-refractivity contribution < 1.29 is 0 Å². The zero-order valence-electron chi connectivity index (χ0n) is 7.81. The first-order valence-electron chi connectivity index (χ1n) is 4.44. The molecule has 2 aromatic heterocycles. The molecule has 0 unspecified atom stereocenters. The van der Waals surface area contributed by atoms with Gasteiger partial charge in [0.2, 0.25) is 0 Å². The van der Waals surface area contributed by atoms with Crippen LogP contribution < -0.4 is 0 Å². The van der Waals surface area contributed by atoms with Crippen molar-refractivity contribution in [2.45, 2.75) is 13.5 Å². The SMILES string of the molecule is CCn1cc(-c2ccc(Cl)nc2)cn1. The van der Waals surface area contributed by atoms with Crippen molar-refractivity contribution in [2.24, 2.45) is 0 Å². The lowest BCUT2D eigenvalue weighted by atomic mass is 10.2. The lowest BCUT2D eigenvalue weighted by Gasteiger charge is -1.95. The summed E-state index contributed by atoms with van der Waals surface area (Å²) in [6, 6.07) is 3.71. The van der Waals surface area contributed by atoms with Crippen LogP contribution in [0.1, 0.15) is 6.92 Å². The van der Waals surface area contributed by atoms with Crippen molar-refractivity contribution in [3.8, 4) is 11.1 Å². The smallest absolute Gasteiger partial charge is 0.129 e. The van der Waals surface area contributed by atoms with E-state index >= 15 is 0 Å². The van der Waals surface area contributed by atoms with E-state index in [2.05, 4.69) is 17.0 Å². The van der Waals surface area contributed by atoms with Crippen LogP contribution in [0.25, 0.3) is 11.1 Å². The standard InChI is InChI=1S/C10H10ClN3/c1-2-14-7-9(6-13-14)8-3-4-10(11)12-5-8/h3-7H,2H2,1H3. The van der Waals surface area contributed by atoms with Gasteiger partial charge in [0.25, 0.3) is 0 Å². The van der Waals surface area contributed by atoms with Crippen LogP contribution in [0.15, 0.2) is 30.7 Å². The number of hydrogen-bond acceptors (Lipinski definition) is 2. The van der Waals surface area contributed by atoms with Gasteiger partial charge in [-0.1, -0.05) is 11.6 Å². The van der Waals surface area contributed by atoms with E-state index in [1.54, 1.807) is 12.3 Å². The van der Waals surface area contributed by atoms with Crippen LogP contribution in [0.5, 0.6) is 0 Å². The molecule has 0 aliphatic rings. The van der Waals surface area contributed by atoms with Gasteiger partial charge in [-0.2, -0.15) is 5.10 Å². The number of halogens is 1. The van der Waals surface area contributed by atoms with Crippen LogP contribution >= 0.6 is 11.6 Å². The first kappa shape index (κ1) is 9.21. The fourth-order valence-electron chi connectivity index (χ4n) is 1.23. The monoisotopic (exact) mass is 207 g/mol. The van der Waals surface area contributed by atoms with Crippen LogP contribution in [0, 0.1) is 0 Å². The number of aromatic nitrogens is 3.